The normalized spacial score (nSPS) is 12.8. The largest absolute Gasteiger partial charge is 0.465 e. The number of nitrogens with zero attached hydrogens (tertiary/aromatic N) is 4. The molecular weight excluding hydrogens is 367 g/mol. The average Bonchev–Trinajstić information content (AvgIpc) is 3.20. The number of aromatic nitrogens is 2. The van der Waals surface area contributed by atoms with Crippen molar-refractivity contribution in [2.75, 3.05) is 0 Å². The van der Waals surface area contributed by atoms with E-state index in [1.165, 1.54) is 23.1 Å². The number of halogens is 1. The first-order valence-corrected chi connectivity index (χ1v) is 8.48. The zero-order valence-corrected chi connectivity index (χ0v) is 14.6. The first kappa shape index (κ1) is 17.7. The quantitative estimate of drug-likeness (QED) is 0.548. The lowest BCUT2D eigenvalue weighted by Gasteiger charge is -2.14. The van der Waals surface area contributed by atoms with Crippen molar-refractivity contribution in [2.45, 2.75) is 19.6 Å². The summed E-state index contributed by atoms with van der Waals surface area (Å²) in [5, 5.41) is 24.8. The molecule has 1 amide bonds. The summed E-state index contributed by atoms with van der Waals surface area (Å²) in [6.45, 7) is 0.433. The molecule has 0 saturated carbocycles. The van der Waals surface area contributed by atoms with Crippen molar-refractivity contribution in [3.05, 3.63) is 81.3 Å². The Hall–Kier alpha value is -3.75. The van der Waals surface area contributed by atoms with Crippen LogP contribution in [-0.2, 0) is 19.6 Å². The average molecular weight is 382 g/mol. The van der Waals surface area contributed by atoms with Gasteiger partial charge in [-0.15, -0.1) is 0 Å². The van der Waals surface area contributed by atoms with Gasteiger partial charge in [-0.3, -0.25) is 19.7 Å². The van der Waals surface area contributed by atoms with E-state index in [0.717, 1.165) is 0 Å². The van der Waals surface area contributed by atoms with Gasteiger partial charge in [-0.1, -0.05) is 24.3 Å². The highest BCUT2D eigenvalue weighted by Gasteiger charge is 2.31. The molecule has 0 radical (unpaired) electrons. The number of nitro benzene ring substituents is 1. The van der Waals surface area contributed by atoms with Crippen LogP contribution in [0, 0.1) is 15.9 Å². The molecule has 1 N–H and O–H groups in total. The predicted octanol–water partition coefficient (Wildman–Crippen LogP) is 3.64. The van der Waals surface area contributed by atoms with Gasteiger partial charge in [0.25, 0.3) is 5.69 Å². The number of nitro groups is 1. The van der Waals surface area contributed by atoms with Crippen molar-refractivity contribution in [2.24, 2.45) is 0 Å². The van der Waals surface area contributed by atoms with E-state index < -0.39 is 16.8 Å². The van der Waals surface area contributed by atoms with Crippen molar-refractivity contribution < 1.29 is 19.2 Å². The second kappa shape index (κ2) is 6.76. The number of carbonyl (C=O) groups is 1. The first-order valence-electron chi connectivity index (χ1n) is 8.48. The molecule has 4 rings (SSSR count). The highest BCUT2D eigenvalue weighted by atomic mass is 19.1. The highest BCUT2D eigenvalue weighted by molar-refractivity contribution is 5.71. The standard InChI is InChI=1S/C19H15FN4O4/c20-16-7-2-1-6-14(16)18-15-10-22(19(25)26)11-17(15)21-23(18)9-12-4-3-5-13(8-12)24(27)28/h1-8H,9-11H2,(H,25,26). The lowest BCUT2D eigenvalue weighted by atomic mass is 10.1. The van der Waals surface area contributed by atoms with Crippen LogP contribution in [0.2, 0.25) is 0 Å². The number of non-ortho nitro benzene ring substituents is 1. The molecule has 142 valence electrons. The van der Waals surface area contributed by atoms with Gasteiger partial charge in [-0.25, -0.2) is 9.18 Å². The fraction of sp³-hybridized carbons (Fsp3) is 0.158. The minimum absolute atomic E-state index is 0.0401. The van der Waals surface area contributed by atoms with Gasteiger partial charge in [0.15, 0.2) is 0 Å². The minimum Gasteiger partial charge on any atom is -0.465 e. The molecule has 1 aromatic heterocycles. The summed E-state index contributed by atoms with van der Waals surface area (Å²) in [6.07, 6.45) is -1.07. The fourth-order valence-electron chi connectivity index (χ4n) is 3.42. The summed E-state index contributed by atoms with van der Waals surface area (Å²) in [6, 6.07) is 12.4. The van der Waals surface area contributed by atoms with Crippen LogP contribution in [0.1, 0.15) is 16.8 Å². The summed E-state index contributed by atoms with van der Waals surface area (Å²) < 4.78 is 16.1. The molecule has 0 bridgehead atoms. The summed E-state index contributed by atoms with van der Waals surface area (Å²) in [7, 11) is 0. The Balaban J connectivity index is 1.80. The molecule has 0 fully saturated rings. The van der Waals surface area contributed by atoms with E-state index in [-0.39, 0.29) is 25.3 Å². The SMILES string of the molecule is O=C(O)N1Cc2nn(Cc3cccc([N+](=O)[O-])c3)c(-c3ccccc3F)c2C1. The van der Waals surface area contributed by atoms with Crippen LogP contribution in [0.25, 0.3) is 11.3 Å². The molecular formula is C19H15FN4O4. The van der Waals surface area contributed by atoms with Crippen LogP contribution in [0.5, 0.6) is 0 Å². The number of hydrogen-bond acceptors (Lipinski definition) is 4. The van der Waals surface area contributed by atoms with Crippen LogP contribution in [0.4, 0.5) is 14.9 Å². The van der Waals surface area contributed by atoms with Crippen molar-refractivity contribution in [1.82, 2.24) is 14.7 Å². The van der Waals surface area contributed by atoms with E-state index >= 15 is 0 Å². The Morgan fingerprint density at radius 2 is 2.00 bits per heavy atom. The molecule has 2 aromatic carbocycles. The third-order valence-corrected chi connectivity index (χ3v) is 4.68. The van der Waals surface area contributed by atoms with Crippen LogP contribution >= 0.6 is 0 Å². The molecule has 0 aliphatic carbocycles. The summed E-state index contributed by atoms with van der Waals surface area (Å²) in [4.78, 5) is 23.1. The molecule has 3 aromatic rings. The topological polar surface area (TPSA) is 102 Å². The number of amides is 1. The highest BCUT2D eigenvalue weighted by Crippen LogP contribution is 2.34. The maximum absolute atomic E-state index is 14.5. The molecule has 0 saturated heterocycles. The Kier molecular flexibility index (Phi) is 4.26. The van der Waals surface area contributed by atoms with Gasteiger partial charge in [-0.05, 0) is 17.7 Å². The third-order valence-electron chi connectivity index (χ3n) is 4.68. The van der Waals surface area contributed by atoms with Gasteiger partial charge >= 0.3 is 6.09 Å². The monoisotopic (exact) mass is 382 g/mol. The fourth-order valence-corrected chi connectivity index (χ4v) is 3.42. The molecule has 9 heteroatoms. The lowest BCUT2D eigenvalue weighted by molar-refractivity contribution is -0.384. The minimum atomic E-state index is -1.07. The van der Waals surface area contributed by atoms with Gasteiger partial charge in [0, 0.05) is 23.3 Å². The van der Waals surface area contributed by atoms with Gasteiger partial charge < -0.3 is 5.11 Å². The zero-order chi connectivity index (χ0) is 19.8. The molecule has 1 aliphatic rings. The van der Waals surface area contributed by atoms with Crippen molar-refractivity contribution in [3.63, 3.8) is 0 Å². The maximum atomic E-state index is 14.5. The Bertz CT molecular complexity index is 1100. The first-order chi connectivity index (χ1) is 13.4. The predicted molar refractivity (Wildman–Crippen MR) is 97.1 cm³/mol. The van der Waals surface area contributed by atoms with E-state index in [4.69, 9.17) is 0 Å². The van der Waals surface area contributed by atoms with E-state index in [1.54, 1.807) is 35.0 Å². The van der Waals surface area contributed by atoms with Crippen molar-refractivity contribution >= 4 is 11.8 Å². The number of benzene rings is 2. The summed E-state index contributed by atoms with van der Waals surface area (Å²) in [5.41, 5.74) is 2.62. The third kappa shape index (κ3) is 3.07. The Morgan fingerprint density at radius 3 is 2.71 bits per heavy atom. The summed E-state index contributed by atoms with van der Waals surface area (Å²) in [5.74, 6) is -0.445. The number of hydrogen-bond donors (Lipinski definition) is 1. The Morgan fingerprint density at radius 1 is 1.21 bits per heavy atom. The molecule has 2 heterocycles. The number of rotatable bonds is 4. The van der Waals surface area contributed by atoms with Gasteiger partial charge in [-0.2, -0.15) is 5.10 Å². The zero-order valence-electron chi connectivity index (χ0n) is 14.6. The van der Waals surface area contributed by atoms with E-state index in [2.05, 4.69) is 5.10 Å². The molecule has 0 spiro atoms. The van der Waals surface area contributed by atoms with E-state index in [1.807, 2.05) is 0 Å². The van der Waals surface area contributed by atoms with Crippen molar-refractivity contribution in [1.29, 1.82) is 0 Å². The number of fused-ring (bicyclic) bond motifs is 1. The van der Waals surface area contributed by atoms with E-state index in [0.29, 0.717) is 28.1 Å². The van der Waals surface area contributed by atoms with Crippen molar-refractivity contribution in [3.8, 4) is 11.3 Å². The Labute approximate surface area is 158 Å². The summed E-state index contributed by atoms with van der Waals surface area (Å²) >= 11 is 0. The molecule has 1 aliphatic heterocycles. The van der Waals surface area contributed by atoms with Gasteiger partial charge in [0.1, 0.15) is 5.82 Å². The van der Waals surface area contributed by atoms with Gasteiger partial charge in [0.2, 0.25) is 0 Å². The molecule has 0 unspecified atom stereocenters. The molecule has 8 nitrogen and oxygen atoms in total. The second-order valence-electron chi connectivity index (χ2n) is 6.48. The van der Waals surface area contributed by atoms with Crippen LogP contribution in [-0.4, -0.2) is 30.8 Å². The lowest BCUT2D eigenvalue weighted by Crippen LogP contribution is -2.24. The molecule has 0 atom stereocenters. The van der Waals surface area contributed by atoms with E-state index in [9.17, 15) is 24.4 Å². The van der Waals surface area contributed by atoms with Crippen LogP contribution < -0.4 is 0 Å². The maximum Gasteiger partial charge on any atom is 0.407 e. The van der Waals surface area contributed by atoms with Gasteiger partial charge in [0.05, 0.1) is 35.9 Å². The smallest absolute Gasteiger partial charge is 0.407 e. The molecule has 28 heavy (non-hydrogen) atoms. The van der Waals surface area contributed by atoms with Crippen LogP contribution in [0.3, 0.4) is 0 Å². The van der Waals surface area contributed by atoms with Crippen LogP contribution in [0.15, 0.2) is 48.5 Å². The second-order valence-corrected chi connectivity index (χ2v) is 6.48. The number of carboxylic acid groups (broad SMARTS) is 1.